The van der Waals surface area contributed by atoms with Crippen LogP contribution in [0.2, 0.25) is 0 Å². The van der Waals surface area contributed by atoms with Gasteiger partial charge in [0.15, 0.2) is 0 Å². The van der Waals surface area contributed by atoms with Crippen molar-refractivity contribution >= 4 is 0 Å². The maximum Gasteiger partial charge on any atom is 0.148 e. The van der Waals surface area contributed by atoms with Crippen molar-refractivity contribution < 1.29 is 14.6 Å². The summed E-state index contributed by atoms with van der Waals surface area (Å²) < 4.78 is 17.4. The Kier molecular flexibility index (Phi) is 5.02. The van der Waals surface area contributed by atoms with Crippen molar-refractivity contribution in [2.75, 3.05) is 13.2 Å². The zero-order valence-corrected chi connectivity index (χ0v) is 14.9. The first-order valence-electron chi connectivity index (χ1n) is 9.00. The average Bonchev–Trinajstić information content (AvgIpc) is 3.24. The van der Waals surface area contributed by atoms with Crippen molar-refractivity contribution in [2.45, 2.75) is 32.2 Å². The Bertz CT molecular complexity index is 922. The number of aryl methyl sites for hydroxylation is 1. The molecule has 0 aliphatic carbocycles. The summed E-state index contributed by atoms with van der Waals surface area (Å²) in [6, 6.07) is 8.41. The summed E-state index contributed by atoms with van der Waals surface area (Å²) >= 11 is 0. The second kappa shape index (κ2) is 7.59. The number of aliphatic hydroxyl groups excluding tert-OH is 2. The maximum absolute atomic E-state index is 13.9. The number of rotatable bonds is 5. The second-order valence-electron chi connectivity index (χ2n) is 6.79. The first kappa shape index (κ1) is 17.8. The Hall–Kier alpha value is -2.55. The second-order valence-corrected chi connectivity index (χ2v) is 6.79. The highest BCUT2D eigenvalue weighted by molar-refractivity contribution is 5.33. The predicted molar refractivity (Wildman–Crippen MR) is 96.5 cm³/mol. The van der Waals surface area contributed by atoms with Gasteiger partial charge in [-0.2, -0.15) is 10.2 Å². The summed E-state index contributed by atoms with van der Waals surface area (Å²) in [7, 11) is 0. The molecule has 0 unspecified atom stereocenters. The molecule has 0 radical (unpaired) electrons. The van der Waals surface area contributed by atoms with E-state index in [4.69, 9.17) is 5.11 Å². The number of aromatic nitrogens is 4. The minimum Gasteiger partial charge on any atom is -0.393 e. The first-order chi connectivity index (χ1) is 13.1. The lowest BCUT2D eigenvalue weighted by Crippen LogP contribution is -2.22. The molecule has 3 aromatic rings. The molecular formula is C19H22FN5O2. The van der Waals surface area contributed by atoms with E-state index >= 15 is 0 Å². The zero-order chi connectivity index (χ0) is 18.8. The van der Waals surface area contributed by atoms with Crippen LogP contribution in [0.1, 0.15) is 29.5 Å². The highest BCUT2D eigenvalue weighted by atomic mass is 19.1. The molecule has 2 aromatic heterocycles. The number of hydrogen-bond acceptors (Lipinski definition) is 5. The Balaban J connectivity index is 1.49. The van der Waals surface area contributed by atoms with Gasteiger partial charge in [-0.15, -0.1) is 0 Å². The Labute approximate surface area is 156 Å². The fourth-order valence-corrected chi connectivity index (χ4v) is 3.41. The van der Waals surface area contributed by atoms with Crippen LogP contribution in [0.25, 0.3) is 5.69 Å². The molecule has 0 spiro atoms. The Morgan fingerprint density at radius 2 is 2.07 bits per heavy atom. The molecule has 0 fully saturated rings. The van der Waals surface area contributed by atoms with E-state index in [2.05, 4.69) is 15.1 Å². The van der Waals surface area contributed by atoms with Crippen LogP contribution >= 0.6 is 0 Å². The van der Waals surface area contributed by atoms with Crippen molar-refractivity contribution in [1.82, 2.24) is 24.5 Å². The first-order valence-corrected chi connectivity index (χ1v) is 9.00. The van der Waals surface area contributed by atoms with E-state index in [1.807, 2.05) is 16.9 Å². The van der Waals surface area contributed by atoms with Gasteiger partial charge in [-0.25, -0.2) is 9.07 Å². The monoisotopic (exact) mass is 371 g/mol. The fraction of sp³-hybridized carbons (Fsp3) is 0.368. The van der Waals surface area contributed by atoms with Crippen molar-refractivity contribution in [2.24, 2.45) is 0 Å². The van der Waals surface area contributed by atoms with Gasteiger partial charge in [0.25, 0.3) is 0 Å². The molecule has 0 saturated heterocycles. The van der Waals surface area contributed by atoms with Gasteiger partial charge in [0, 0.05) is 37.9 Å². The van der Waals surface area contributed by atoms with Gasteiger partial charge in [-0.3, -0.25) is 9.58 Å². The van der Waals surface area contributed by atoms with Crippen molar-refractivity contribution in [3.63, 3.8) is 0 Å². The highest BCUT2D eigenvalue weighted by Gasteiger charge is 2.20. The number of nitrogens with zero attached hydrogens (tertiary/aromatic N) is 5. The fourth-order valence-electron chi connectivity index (χ4n) is 3.41. The van der Waals surface area contributed by atoms with E-state index in [0.717, 1.165) is 30.8 Å². The van der Waals surface area contributed by atoms with Gasteiger partial charge >= 0.3 is 0 Å². The molecular weight excluding hydrogens is 349 g/mol. The van der Waals surface area contributed by atoms with Gasteiger partial charge in [0.1, 0.15) is 17.6 Å². The van der Waals surface area contributed by atoms with E-state index in [-0.39, 0.29) is 12.4 Å². The average molecular weight is 371 g/mol. The third-order valence-corrected chi connectivity index (χ3v) is 4.77. The number of aliphatic hydroxyl groups is 2. The minimum absolute atomic E-state index is 0.305. The van der Waals surface area contributed by atoms with Crippen LogP contribution in [0.15, 0.2) is 42.7 Å². The van der Waals surface area contributed by atoms with Crippen LogP contribution in [0.3, 0.4) is 0 Å². The van der Waals surface area contributed by atoms with Crippen molar-refractivity contribution in [3.05, 3.63) is 65.5 Å². The van der Waals surface area contributed by atoms with Crippen LogP contribution in [-0.4, -0.2) is 47.8 Å². The van der Waals surface area contributed by atoms with Gasteiger partial charge in [0.2, 0.25) is 0 Å². The van der Waals surface area contributed by atoms with Gasteiger partial charge in [-0.05, 0) is 24.6 Å². The van der Waals surface area contributed by atoms with Crippen LogP contribution in [0, 0.1) is 5.82 Å². The zero-order valence-electron chi connectivity index (χ0n) is 14.9. The van der Waals surface area contributed by atoms with Crippen LogP contribution in [0.4, 0.5) is 4.39 Å². The standard InChI is InChI=1S/C19H22FN5O2/c20-16-4-1-2-5-18(16)25-11-14(9-21-25)10-23-6-3-7-24-15(12-23)8-17(22-24)19(27)13-26/h1-2,4-5,8-9,11,19,26-27H,3,6-7,10,12-13H2/t19-/m0/s1. The van der Waals surface area contributed by atoms with E-state index in [9.17, 15) is 9.50 Å². The van der Waals surface area contributed by atoms with E-state index < -0.39 is 6.10 Å². The molecule has 8 heteroatoms. The molecule has 4 rings (SSSR count). The molecule has 1 aromatic carbocycles. The molecule has 1 aliphatic rings. The quantitative estimate of drug-likeness (QED) is 0.713. The molecule has 0 saturated carbocycles. The molecule has 3 heterocycles. The Morgan fingerprint density at radius 3 is 2.89 bits per heavy atom. The third-order valence-electron chi connectivity index (χ3n) is 4.77. The van der Waals surface area contributed by atoms with Crippen LogP contribution < -0.4 is 0 Å². The SMILES string of the molecule is OC[C@H](O)c1cc2n(n1)CCCN(Cc1cnn(-c3ccccc3F)c1)C2. The Morgan fingerprint density at radius 1 is 1.22 bits per heavy atom. The van der Waals surface area contributed by atoms with Gasteiger partial charge < -0.3 is 10.2 Å². The van der Waals surface area contributed by atoms with Crippen LogP contribution in [0.5, 0.6) is 0 Å². The van der Waals surface area contributed by atoms with Crippen molar-refractivity contribution in [1.29, 1.82) is 0 Å². The predicted octanol–water partition coefficient (Wildman–Crippen LogP) is 1.64. The molecule has 1 aliphatic heterocycles. The molecule has 142 valence electrons. The summed E-state index contributed by atoms with van der Waals surface area (Å²) in [5.74, 6) is -0.305. The molecule has 2 N–H and O–H groups in total. The normalized spacial score (nSPS) is 16.1. The number of benzene rings is 1. The lowest BCUT2D eigenvalue weighted by Gasteiger charge is -2.18. The number of fused-ring (bicyclic) bond motifs is 1. The van der Waals surface area contributed by atoms with Gasteiger partial charge in [-0.1, -0.05) is 12.1 Å². The summed E-state index contributed by atoms with van der Waals surface area (Å²) in [6.45, 7) is 2.73. The van der Waals surface area contributed by atoms with E-state index in [1.54, 1.807) is 29.1 Å². The summed E-state index contributed by atoms with van der Waals surface area (Å²) in [4.78, 5) is 2.28. The van der Waals surface area contributed by atoms with Crippen molar-refractivity contribution in [3.8, 4) is 5.69 Å². The van der Waals surface area contributed by atoms with E-state index in [1.165, 1.54) is 6.07 Å². The highest BCUT2D eigenvalue weighted by Crippen LogP contribution is 2.20. The molecule has 27 heavy (non-hydrogen) atoms. The van der Waals surface area contributed by atoms with Crippen LogP contribution in [-0.2, 0) is 19.6 Å². The number of para-hydroxylation sites is 1. The molecule has 7 nitrogen and oxygen atoms in total. The minimum atomic E-state index is -0.947. The van der Waals surface area contributed by atoms with E-state index in [0.29, 0.717) is 24.5 Å². The number of hydrogen-bond donors (Lipinski definition) is 2. The molecule has 0 amide bonds. The summed E-state index contributed by atoms with van der Waals surface area (Å²) in [5, 5.41) is 27.6. The summed E-state index contributed by atoms with van der Waals surface area (Å²) in [5.41, 5.74) is 2.94. The lowest BCUT2D eigenvalue weighted by molar-refractivity contribution is 0.0916. The maximum atomic E-state index is 13.9. The number of halogens is 1. The third kappa shape index (κ3) is 3.78. The smallest absolute Gasteiger partial charge is 0.148 e. The lowest BCUT2D eigenvalue weighted by atomic mass is 10.2. The van der Waals surface area contributed by atoms with Gasteiger partial charge in [0.05, 0.1) is 24.2 Å². The molecule has 0 bridgehead atoms. The molecule has 1 atom stereocenters. The largest absolute Gasteiger partial charge is 0.393 e. The summed E-state index contributed by atoms with van der Waals surface area (Å²) in [6.07, 6.45) is 3.60. The topological polar surface area (TPSA) is 79.3 Å².